The molecule has 1 aromatic heterocycles. The van der Waals surface area contributed by atoms with Crippen LogP contribution in [0.1, 0.15) is 50.5 Å². The number of alkyl carbamates (subject to hydrolysis) is 1. The molecule has 1 aromatic rings. The number of aliphatic hydroxyl groups is 2. The minimum absolute atomic E-state index is 0.0414. The second-order valence-corrected chi connectivity index (χ2v) is 7.87. The van der Waals surface area contributed by atoms with Gasteiger partial charge in [-0.3, -0.25) is 4.99 Å². The number of hydrogen-bond acceptors (Lipinski definition) is 9. The summed E-state index contributed by atoms with van der Waals surface area (Å²) in [5.41, 5.74) is 6.58. The number of rotatable bonds is 18. The van der Waals surface area contributed by atoms with Gasteiger partial charge < -0.3 is 39.9 Å². The molecule has 3 atom stereocenters. The van der Waals surface area contributed by atoms with Crippen LogP contribution in [-0.4, -0.2) is 73.2 Å². The van der Waals surface area contributed by atoms with Crippen LogP contribution >= 0.6 is 0 Å². The molecule has 32 heavy (non-hydrogen) atoms. The molecule has 1 amide bonds. The van der Waals surface area contributed by atoms with Gasteiger partial charge in [0.25, 0.3) is 0 Å². The summed E-state index contributed by atoms with van der Waals surface area (Å²) in [6.45, 7) is 3.53. The van der Waals surface area contributed by atoms with Crippen LogP contribution in [0.25, 0.3) is 0 Å². The van der Waals surface area contributed by atoms with Crippen molar-refractivity contribution < 1.29 is 33.6 Å². The lowest BCUT2D eigenvalue weighted by atomic mass is 10.1. The molecule has 0 aliphatic carbocycles. The largest absolute Gasteiger partial charge is 0.461 e. The van der Waals surface area contributed by atoms with Gasteiger partial charge in [0, 0.05) is 12.3 Å². The molecule has 10 heteroatoms. The van der Waals surface area contributed by atoms with E-state index in [-0.39, 0.29) is 33.0 Å². The Labute approximate surface area is 189 Å². The van der Waals surface area contributed by atoms with Crippen molar-refractivity contribution in [1.82, 2.24) is 5.32 Å². The number of nitrogens with zero attached hydrogens (tertiary/aromatic N) is 1. The molecule has 2 heterocycles. The van der Waals surface area contributed by atoms with Gasteiger partial charge in [0.2, 0.25) is 0 Å². The number of carbonyl (C=O) groups is 1. The topological polar surface area (TPSA) is 149 Å². The van der Waals surface area contributed by atoms with E-state index < -0.39 is 18.3 Å². The predicted octanol–water partition coefficient (Wildman–Crippen LogP) is 1.51. The van der Waals surface area contributed by atoms with Crippen LogP contribution in [0, 0.1) is 0 Å². The first-order valence-corrected chi connectivity index (χ1v) is 11.2. The SMILES string of the molecule is CC1N=C1CCC(O)COCc1ccc(COCC(CO)OC(=O)NCCCCCN)o1. The first-order chi connectivity index (χ1) is 15.5. The molecule has 0 fully saturated rings. The van der Waals surface area contributed by atoms with Gasteiger partial charge in [-0.05, 0) is 51.3 Å². The van der Waals surface area contributed by atoms with E-state index >= 15 is 0 Å². The van der Waals surface area contributed by atoms with E-state index in [1.165, 1.54) is 0 Å². The highest BCUT2D eigenvalue weighted by Crippen LogP contribution is 2.17. The number of ether oxygens (including phenoxy) is 3. The minimum atomic E-state index is -0.761. The monoisotopic (exact) mass is 455 g/mol. The molecule has 1 aliphatic rings. The Hall–Kier alpha value is -1.98. The molecule has 3 unspecified atom stereocenters. The van der Waals surface area contributed by atoms with E-state index in [1.54, 1.807) is 12.1 Å². The third kappa shape index (κ3) is 11.1. The van der Waals surface area contributed by atoms with E-state index in [0.717, 1.165) is 31.4 Å². The Bertz CT molecular complexity index is 695. The van der Waals surface area contributed by atoms with E-state index in [1.807, 2.05) is 6.92 Å². The zero-order valence-electron chi connectivity index (χ0n) is 18.8. The molecule has 0 bridgehead atoms. The number of aliphatic imine (C=N–C) groups is 1. The maximum absolute atomic E-state index is 11.7. The van der Waals surface area contributed by atoms with Crippen molar-refractivity contribution in [2.24, 2.45) is 10.7 Å². The summed E-state index contributed by atoms with van der Waals surface area (Å²) in [4.78, 5) is 16.0. The first-order valence-electron chi connectivity index (χ1n) is 11.2. The molecule has 1 aliphatic heterocycles. The maximum atomic E-state index is 11.7. The Balaban J connectivity index is 1.54. The number of aliphatic hydroxyl groups excluding tert-OH is 2. The van der Waals surface area contributed by atoms with E-state index in [0.29, 0.717) is 37.1 Å². The van der Waals surface area contributed by atoms with Crippen molar-refractivity contribution in [3.05, 3.63) is 23.7 Å². The molecular formula is C22H37N3O7. The Morgan fingerprint density at radius 2 is 1.91 bits per heavy atom. The van der Waals surface area contributed by atoms with Crippen molar-refractivity contribution in [2.75, 3.05) is 32.9 Å². The van der Waals surface area contributed by atoms with Gasteiger partial charge >= 0.3 is 6.09 Å². The van der Waals surface area contributed by atoms with Crippen molar-refractivity contribution in [2.45, 2.75) is 70.5 Å². The molecular weight excluding hydrogens is 418 g/mol. The number of carbonyl (C=O) groups excluding carboxylic acids is 1. The summed E-state index contributed by atoms with van der Waals surface area (Å²) < 4.78 is 21.8. The van der Waals surface area contributed by atoms with Crippen molar-refractivity contribution in [3.8, 4) is 0 Å². The van der Waals surface area contributed by atoms with Gasteiger partial charge in [-0.25, -0.2) is 4.79 Å². The van der Waals surface area contributed by atoms with Gasteiger partial charge in [-0.1, -0.05) is 6.42 Å². The summed E-state index contributed by atoms with van der Waals surface area (Å²) in [5, 5.41) is 22.0. The summed E-state index contributed by atoms with van der Waals surface area (Å²) in [6, 6.07) is 3.90. The highest BCUT2D eigenvalue weighted by atomic mass is 16.6. The molecule has 0 spiro atoms. The van der Waals surface area contributed by atoms with Gasteiger partial charge in [-0.2, -0.15) is 0 Å². The zero-order valence-corrected chi connectivity index (χ0v) is 18.8. The summed E-state index contributed by atoms with van der Waals surface area (Å²) in [7, 11) is 0. The fourth-order valence-electron chi connectivity index (χ4n) is 3.00. The third-order valence-corrected chi connectivity index (χ3v) is 4.96. The lowest BCUT2D eigenvalue weighted by Gasteiger charge is -2.16. The Morgan fingerprint density at radius 3 is 2.53 bits per heavy atom. The maximum Gasteiger partial charge on any atom is 0.407 e. The number of nitrogens with two attached hydrogens (primary N) is 1. The molecule has 0 radical (unpaired) electrons. The number of furan rings is 1. The Morgan fingerprint density at radius 1 is 1.22 bits per heavy atom. The number of nitrogens with one attached hydrogen (secondary N) is 1. The van der Waals surface area contributed by atoms with Crippen LogP contribution in [0.3, 0.4) is 0 Å². The van der Waals surface area contributed by atoms with Gasteiger partial charge in [0.15, 0.2) is 0 Å². The van der Waals surface area contributed by atoms with Crippen LogP contribution in [-0.2, 0) is 27.4 Å². The Kier molecular flexibility index (Phi) is 12.3. The standard InChI is InChI=1S/C22H37N3O7/c1-16-21(25-16)8-5-17(27)12-29-13-18-6-7-19(31-18)14-30-15-20(11-26)32-22(28)24-10-4-2-3-9-23/h6-7,16-17,20,26-27H,2-5,8-15,23H2,1H3,(H,24,28). The van der Waals surface area contributed by atoms with Gasteiger partial charge in [-0.15, -0.1) is 0 Å². The van der Waals surface area contributed by atoms with Crippen LogP contribution in [0.2, 0.25) is 0 Å². The highest BCUT2D eigenvalue weighted by Gasteiger charge is 2.22. The fourth-order valence-corrected chi connectivity index (χ4v) is 3.00. The second-order valence-electron chi connectivity index (χ2n) is 7.87. The molecule has 0 saturated heterocycles. The summed E-state index contributed by atoms with van der Waals surface area (Å²) in [5.74, 6) is 1.21. The zero-order chi connectivity index (χ0) is 23.2. The number of unbranched alkanes of at least 4 members (excludes halogenated alkanes) is 2. The first kappa shape index (κ1) is 26.3. The van der Waals surface area contributed by atoms with Crippen LogP contribution < -0.4 is 11.1 Å². The average Bonchev–Trinajstić information content (AvgIpc) is 3.30. The third-order valence-electron chi connectivity index (χ3n) is 4.96. The lowest BCUT2D eigenvalue weighted by Crippen LogP contribution is -2.33. The van der Waals surface area contributed by atoms with Crippen LogP contribution in [0.15, 0.2) is 21.5 Å². The molecule has 2 rings (SSSR count). The molecule has 0 aromatic carbocycles. The quantitative estimate of drug-likeness (QED) is 0.243. The van der Waals surface area contributed by atoms with Gasteiger partial charge in [0.05, 0.1) is 32.0 Å². The fraction of sp³-hybridized carbons (Fsp3) is 0.727. The average molecular weight is 456 g/mol. The van der Waals surface area contributed by atoms with Gasteiger partial charge in [0.1, 0.15) is 30.8 Å². The van der Waals surface area contributed by atoms with Crippen LogP contribution in [0.5, 0.6) is 0 Å². The predicted molar refractivity (Wildman–Crippen MR) is 118 cm³/mol. The smallest absolute Gasteiger partial charge is 0.407 e. The minimum Gasteiger partial charge on any atom is -0.461 e. The summed E-state index contributed by atoms with van der Waals surface area (Å²) >= 11 is 0. The normalized spacial score (nSPS) is 17.0. The van der Waals surface area contributed by atoms with Crippen molar-refractivity contribution in [3.63, 3.8) is 0 Å². The molecule has 5 N–H and O–H groups in total. The second kappa shape index (κ2) is 15.0. The van der Waals surface area contributed by atoms with Crippen LogP contribution in [0.4, 0.5) is 4.79 Å². The van der Waals surface area contributed by atoms with E-state index in [4.69, 9.17) is 24.4 Å². The molecule has 10 nitrogen and oxygen atoms in total. The number of hydrogen-bond donors (Lipinski definition) is 4. The number of amides is 1. The van der Waals surface area contributed by atoms with Crippen molar-refractivity contribution in [1.29, 1.82) is 0 Å². The lowest BCUT2D eigenvalue weighted by molar-refractivity contribution is -0.0163. The highest BCUT2D eigenvalue weighted by molar-refractivity contribution is 6.00. The molecule has 182 valence electrons. The summed E-state index contributed by atoms with van der Waals surface area (Å²) in [6.07, 6.45) is 2.26. The van der Waals surface area contributed by atoms with E-state index in [9.17, 15) is 15.0 Å². The molecule has 0 saturated carbocycles. The van der Waals surface area contributed by atoms with E-state index in [2.05, 4.69) is 10.3 Å². The van der Waals surface area contributed by atoms with Crippen molar-refractivity contribution >= 4 is 11.8 Å².